The van der Waals surface area contributed by atoms with Gasteiger partial charge in [0, 0.05) is 13.0 Å². The molecular formula is C11H14N2O4. The van der Waals surface area contributed by atoms with Gasteiger partial charge in [0.15, 0.2) is 0 Å². The first-order valence-electron chi connectivity index (χ1n) is 5.49. The molecule has 1 aromatic rings. The van der Waals surface area contributed by atoms with E-state index in [4.69, 9.17) is 9.84 Å². The molecule has 92 valence electrons. The molecule has 1 N–H and O–H groups in total. The predicted molar refractivity (Wildman–Crippen MR) is 57.6 cm³/mol. The van der Waals surface area contributed by atoms with Gasteiger partial charge in [0.25, 0.3) is 0 Å². The Morgan fingerprint density at radius 2 is 2.29 bits per heavy atom. The molecule has 17 heavy (non-hydrogen) atoms. The van der Waals surface area contributed by atoms with Crippen LogP contribution >= 0.6 is 0 Å². The molecular weight excluding hydrogens is 224 g/mol. The summed E-state index contributed by atoms with van der Waals surface area (Å²) >= 11 is 0. The Morgan fingerprint density at radius 1 is 1.53 bits per heavy atom. The number of ether oxygens (including phenoxy) is 1. The van der Waals surface area contributed by atoms with Gasteiger partial charge < -0.3 is 14.4 Å². The van der Waals surface area contributed by atoms with Crippen LogP contribution in [0.15, 0.2) is 6.20 Å². The highest BCUT2D eigenvalue weighted by molar-refractivity contribution is 5.85. The van der Waals surface area contributed by atoms with E-state index in [9.17, 15) is 9.59 Å². The van der Waals surface area contributed by atoms with E-state index in [1.165, 1.54) is 13.3 Å². The van der Waals surface area contributed by atoms with Crippen LogP contribution in [-0.2, 0) is 22.5 Å². The van der Waals surface area contributed by atoms with Crippen molar-refractivity contribution in [2.75, 3.05) is 7.11 Å². The van der Waals surface area contributed by atoms with Crippen LogP contribution in [0, 0.1) is 5.92 Å². The highest BCUT2D eigenvalue weighted by Gasteiger charge is 2.25. The van der Waals surface area contributed by atoms with E-state index in [2.05, 4.69) is 4.98 Å². The maximum Gasteiger partial charge on any atom is 0.354 e. The molecule has 0 aliphatic carbocycles. The number of carbonyl (C=O) groups excluding carboxylic acids is 1. The lowest BCUT2D eigenvalue weighted by molar-refractivity contribution is -0.145. The number of methoxy groups -OCH3 is 1. The van der Waals surface area contributed by atoms with Crippen LogP contribution in [0.5, 0.6) is 0 Å². The monoisotopic (exact) mass is 238 g/mol. The second-order valence-corrected chi connectivity index (χ2v) is 4.06. The van der Waals surface area contributed by atoms with Gasteiger partial charge in [-0.2, -0.15) is 0 Å². The van der Waals surface area contributed by atoms with Crippen LogP contribution in [0.4, 0.5) is 0 Å². The van der Waals surface area contributed by atoms with Crippen LogP contribution in [0.3, 0.4) is 0 Å². The van der Waals surface area contributed by atoms with Crippen molar-refractivity contribution < 1.29 is 19.4 Å². The molecule has 2 heterocycles. The smallest absolute Gasteiger partial charge is 0.354 e. The van der Waals surface area contributed by atoms with Crippen LogP contribution in [0.2, 0.25) is 0 Å². The Labute approximate surface area is 98.2 Å². The Bertz CT molecular complexity index is 452. The predicted octanol–water partition coefficient (Wildman–Crippen LogP) is 0.707. The van der Waals surface area contributed by atoms with Crippen molar-refractivity contribution in [2.45, 2.75) is 25.8 Å². The summed E-state index contributed by atoms with van der Waals surface area (Å²) in [5.41, 5.74) is 0.186. The molecule has 0 spiro atoms. The van der Waals surface area contributed by atoms with E-state index in [0.29, 0.717) is 25.8 Å². The van der Waals surface area contributed by atoms with Crippen LogP contribution in [0.25, 0.3) is 0 Å². The number of carboxylic acid groups (broad SMARTS) is 1. The van der Waals surface area contributed by atoms with Gasteiger partial charge >= 0.3 is 11.9 Å². The van der Waals surface area contributed by atoms with Crippen molar-refractivity contribution in [1.29, 1.82) is 0 Å². The zero-order valence-corrected chi connectivity index (χ0v) is 9.55. The SMILES string of the molecule is COC(=O)[C@H]1CCc2ncc(C(=O)O)n2CC1. The minimum Gasteiger partial charge on any atom is -0.477 e. The molecule has 0 fully saturated rings. The Hall–Kier alpha value is -1.85. The highest BCUT2D eigenvalue weighted by atomic mass is 16.5. The fraction of sp³-hybridized carbons (Fsp3) is 0.545. The van der Waals surface area contributed by atoms with Gasteiger partial charge in [0.05, 0.1) is 19.2 Å². The summed E-state index contributed by atoms with van der Waals surface area (Å²) in [5, 5.41) is 8.99. The minimum absolute atomic E-state index is 0.164. The number of carboxylic acids is 1. The fourth-order valence-corrected chi connectivity index (χ4v) is 2.17. The molecule has 0 saturated heterocycles. The zero-order valence-electron chi connectivity index (χ0n) is 9.55. The van der Waals surface area contributed by atoms with Crippen molar-refractivity contribution in [3.8, 4) is 0 Å². The van der Waals surface area contributed by atoms with Crippen molar-refractivity contribution in [3.63, 3.8) is 0 Å². The number of nitrogens with zero attached hydrogens (tertiary/aromatic N) is 2. The first kappa shape index (κ1) is 11.6. The molecule has 6 nitrogen and oxygen atoms in total. The van der Waals surface area contributed by atoms with Gasteiger partial charge in [0.2, 0.25) is 0 Å². The number of hydrogen-bond donors (Lipinski definition) is 1. The van der Waals surface area contributed by atoms with E-state index < -0.39 is 5.97 Å². The Morgan fingerprint density at radius 3 is 2.94 bits per heavy atom. The normalized spacial score (nSPS) is 19.2. The van der Waals surface area contributed by atoms with Gasteiger partial charge in [0.1, 0.15) is 11.5 Å². The van der Waals surface area contributed by atoms with Crippen LogP contribution in [-0.4, -0.2) is 33.7 Å². The van der Waals surface area contributed by atoms with E-state index in [1.54, 1.807) is 4.57 Å². The number of aryl methyl sites for hydroxylation is 1. The number of hydrogen-bond acceptors (Lipinski definition) is 4. The highest BCUT2D eigenvalue weighted by Crippen LogP contribution is 2.22. The molecule has 0 amide bonds. The summed E-state index contributed by atoms with van der Waals surface area (Å²) in [6, 6.07) is 0. The summed E-state index contributed by atoms with van der Waals surface area (Å²) < 4.78 is 6.39. The number of carbonyl (C=O) groups is 2. The van der Waals surface area contributed by atoms with E-state index in [-0.39, 0.29) is 17.6 Å². The fourth-order valence-electron chi connectivity index (χ4n) is 2.17. The lowest BCUT2D eigenvalue weighted by Crippen LogP contribution is -2.17. The first-order valence-corrected chi connectivity index (χ1v) is 5.49. The van der Waals surface area contributed by atoms with Crippen molar-refractivity contribution in [3.05, 3.63) is 17.7 Å². The molecule has 1 aliphatic rings. The van der Waals surface area contributed by atoms with Gasteiger partial charge in [-0.25, -0.2) is 9.78 Å². The molecule has 1 aromatic heterocycles. The Kier molecular flexibility index (Phi) is 3.12. The lowest BCUT2D eigenvalue weighted by atomic mass is 10.0. The Balaban J connectivity index is 2.19. The molecule has 0 bridgehead atoms. The molecule has 6 heteroatoms. The average molecular weight is 238 g/mol. The first-order chi connectivity index (χ1) is 8.13. The number of aromatic carboxylic acids is 1. The molecule has 0 saturated carbocycles. The lowest BCUT2D eigenvalue weighted by Gasteiger charge is -2.10. The quantitative estimate of drug-likeness (QED) is 0.767. The number of esters is 1. The molecule has 0 radical (unpaired) electrons. The molecule has 0 unspecified atom stereocenters. The maximum atomic E-state index is 11.4. The molecule has 2 rings (SSSR count). The van der Waals surface area contributed by atoms with Crippen LogP contribution in [0.1, 0.15) is 29.2 Å². The van der Waals surface area contributed by atoms with E-state index >= 15 is 0 Å². The minimum atomic E-state index is -0.986. The zero-order chi connectivity index (χ0) is 12.4. The van der Waals surface area contributed by atoms with Gasteiger partial charge in [-0.3, -0.25) is 4.79 Å². The summed E-state index contributed by atoms with van der Waals surface area (Å²) in [4.78, 5) is 26.5. The van der Waals surface area contributed by atoms with Gasteiger partial charge in [-0.15, -0.1) is 0 Å². The van der Waals surface area contributed by atoms with E-state index in [0.717, 1.165) is 5.82 Å². The summed E-state index contributed by atoms with van der Waals surface area (Å²) in [7, 11) is 1.37. The number of aromatic nitrogens is 2. The largest absolute Gasteiger partial charge is 0.477 e. The maximum absolute atomic E-state index is 11.4. The van der Waals surface area contributed by atoms with E-state index in [1.807, 2.05) is 0 Å². The third kappa shape index (κ3) is 2.15. The second kappa shape index (κ2) is 4.57. The third-order valence-corrected chi connectivity index (χ3v) is 3.11. The van der Waals surface area contributed by atoms with Crippen molar-refractivity contribution in [1.82, 2.24) is 9.55 Å². The van der Waals surface area contributed by atoms with Gasteiger partial charge in [-0.1, -0.05) is 0 Å². The number of fused-ring (bicyclic) bond motifs is 1. The number of rotatable bonds is 2. The standard InChI is InChI=1S/C11H14N2O4/c1-17-11(16)7-2-3-9-12-6-8(10(14)15)13(9)5-4-7/h6-7H,2-5H2,1H3,(H,14,15)/t7-/m0/s1. The summed E-state index contributed by atoms with van der Waals surface area (Å²) in [5.74, 6) is -0.648. The average Bonchev–Trinajstić information content (AvgIpc) is 2.61. The second-order valence-electron chi connectivity index (χ2n) is 4.06. The molecule has 0 aromatic carbocycles. The third-order valence-electron chi connectivity index (χ3n) is 3.11. The topological polar surface area (TPSA) is 81.4 Å². The summed E-state index contributed by atoms with van der Waals surface area (Å²) in [6.45, 7) is 0.497. The van der Waals surface area contributed by atoms with Crippen molar-refractivity contribution >= 4 is 11.9 Å². The van der Waals surface area contributed by atoms with Crippen molar-refractivity contribution in [2.24, 2.45) is 5.92 Å². The van der Waals surface area contributed by atoms with Crippen LogP contribution < -0.4 is 0 Å². The number of imidazole rings is 1. The summed E-state index contributed by atoms with van der Waals surface area (Å²) in [6.07, 6.45) is 3.22. The molecule has 1 aliphatic heterocycles. The molecule has 1 atom stereocenters. The van der Waals surface area contributed by atoms with Gasteiger partial charge in [-0.05, 0) is 12.8 Å².